The molecule has 0 unspecified atom stereocenters. The van der Waals surface area contributed by atoms with Gasteiger partial charge in [0.25, 0.3) is 0 Å². The summed E-state index contributed by atoms with van der Waals surface area (Å²) < 4.78 is 5.47. The first kappa shape index (κ1) is 9.37. The van der Waals surface area contributed by atoms with Gasteiger partial charge in [0.2, 0.25) is 0 Å². The second-order valence-corrected chi connectivity index (χ2v) is 3.74. The summed E-state index contributed by atoms with van der Waals surface area (Å²) in [7, 11) is 0. The van der Waals surface area contributed by atoms with Crippen molar-refractivity contribution in [2.75, 3.05) is 0 Å². The molecule has 0 aliphatic heterocycles. The predicted molar refractivity (Wildman–Crippen MR) is 51.8 cm³/mol. The van der Waals surface area contributed by atoms with Gasteiger partial charge in [-0.05, 0) is 30.8 Å². The van der Waals surface area contributed by atoms with Crippen LogP contribution in [0.4, 0.5) is 0 Å². The Labute approximate surface area is 75.1 Å². The van der Waals surface area contributed by atoms with Crippen molar-refractivity contribution < 1.29 is 4.74 Å². The molecule has 0 aromatic rings. The molecule has 1 nitrogen and oxygen atoms in total. The highest BCUT2D eigenvalue weighted by Crippen LogP contribution is 2.31. The van der Waals surface area contributed by atoms with Gasteiger partial charge in [0.1, 0.15) is 6.10 Å². The lowest BCUT2D eigenvalue weighted by molar-refractivity contribution is 0.0898. The van der Waals surface area contributed by atoms with Crippen molar-refractivity contribution in [3.8, 4) is 0 Å². The standard InChI is InChI=1S/C11H18O/c1-5-12-11-9(3)7-6-8(2)10(11)4/h5,7-8,10-11H,1,6H2,2-4H3/t8-,10+,11+/m0/s1. The third-order valence-corrected chi connectivity index (χ3v) is 2.88. The minimum absolute atomic E-state index is 0.256. The highest BCUT2D eigenvalue weighted by Gasteiger charge is 2.27. The molecule has 0 aromatic carbocycles. The molecule has 1 aliphatic rings. The smallest absolute Gasteiger partial charge is 0.121 e. The van der Waals surface area contributed by atoms with Crippen LogP contribution < -0.4 is 0 Å². The summed E-state index contributed by atoms with van der Waals surface area (Å²) >= 11 is 0. The van der Waals surface area contributed by atoms with Gasteiger partial charge in [0, 0.05) is 0 Å². The molecule has 3 atom stereocenters. The van der Waals surface area contributed by atoms with Crippen LogP contribution in [0.2, 0.25) is 0 Å². The molecule has 0 saturated carbocycles. The molecule has 0 amide bonds. The Kier molecular flexibility index (Phi) is 2.96. The molecule has 1 aliphatic carbocycles. The first-order chi connectivity index (χ1) is 5.66. The lowest BCUT2D eigenvalue weighted by Crippen LogP contribution is -2.29. The van der Waals surface area contributed by atoms with E-state index in [1.165, 1.54) is 12.0 Å². The van der Waals surface area contributed by atoms with E-state index in [0.29, 0.717) is 5.92 Å². The van der Waals surface area contributed by atoms with Crippen LogP contribution in [0.15, 0.2) is 24.5 Å². The molecule has 0 bridgehead atoms. The molecule has 1 heteroatoms. The zero-order valence-electron chi connectivity index (χ0n) is 8.21. The number of rotatable bonds is 2. The first-order valence-corrected chi connectivity index (χ1v) is 4.59. The van der Waals surface area contributed by atoms with E-state index >= 15 is 0 Å². The number of allylic oxidation sites excluding steroid dienone is 1. The van der Waals surface area contributed by atoms with Crippen LogP contribution in [-0.4, -0.2) is 6.10 Å². The maximum atomic E-state index is 5.47. The first-order valence-electron chi connectivity index (χ1n) is 4.59. The van der Waals surface area contributed by atoms with Gasteiger partial charge in [0.15, 0.2) is 0 Å². The Morgan fingerprint density at radius 2 is 2.25 bits per heavy atom. The van der Waals surface area contributed by atoms with Crippen LogP contribution in [-0.2, 0) is 4.74 Å². The zero-order chi connectivity index (χ0) is 9.14. The Bertz CT molecular complexity index is 193. The van der Waals surface area contributed by atoms with Crippen LogP contribution in [0.5, 0.6) is 0 Å². The zero-order valence-corrected chi connectivity index (χ0v) is 8.21. The predicted octanol–water partition coefficient (Wildman–Crippen LogP) is 3.14. The SMILES string of the molecule is C=CO[C@@H]1C(C)=CC[C@H](C)[C@H]1C. The maximum absolute atomic E-state index is 5.47. The largest absolute Gasteiger partial charge is 0.494 e. The van der Waals surface area contributed by atoms with Crippen molar-refractivity contribution in [3.05, 3.63) is 24.5 Å². The third kappa shape index (κ3) is 1.71. The molecule has 1 rings (SSSR count). The van der Waals surface area contributed by atoms with Gasteiger partial charge >= 0.3 is 0 Å². The molecule has 0 fully saturated rings. The topological polar surface area (TPSA) is 9.23 Å². The monoisotopic (exact) mass is 166 g/mol. The van der Waals surface area contributed by atoms with Gasteiger partial charge in [-0.3, -0.25) is 0 Å². The van der Waals surface area contributed by atoms with Crippen LogP contribution in [0, 0.1) is 11.8 Å². The van der Waals surface area contributed by atoms with E-state index in [1.807, 2.05) is 0 Å². The van der Waals surface area contributed by atoms with E-state index in [9.17, 15) is 0 Å². The molecular formula is C11H18O. The fourth-order valence-electron chi connectivity index (χ4n) is 1.75. The minimum atomic E-state index is 0.256. The third-order valence-electron chi connectivity index (χ3n) is 2.88. The van der Waals surface area contributed by atoms with Crippen molar-refractivity contribution >= 4 is 0 Å². The van der Waals surface area contributed by atoms with Gasteiger partial charge in [-0.25, -0.2) is 0 Å². The molecular weight excluding hydrogens is 148 g/mol. The summed E-state index contributed by atoms with van der Waals surface area (Å²) in [5, 5.41) is 0. The van der Waals surface area contributed by atoms with Crippen molar-refractivity contribution in [1.29, 1.82) is 0 Å². The number of hydrogen-bond donors (Lipinski definition) is 0. The summed E-state index contributed by atoms with van der Waals surface area (Å²) in [5.41, 5.74) is 1.35. The molecule has 0 heterocycles. The van der Waals surface area contributed by atoms with Crippen molar-refractivity contribution in [2.45, 2.75) is 33.3 Å². The average Bonchev–Trinajstić information content (AvgIpc) is 2.06. The summed E-state index contributed by atoms with van der Waals surface area (Å²) in [6.07, 6.45) is 5.27. The Balaban J connectivity index is 2.72. The molecule has 68 valence electrons. The van der Waals surface area contributed by atoms with Gasteiger partial charge < -0.3 is 4.74 Å². The molecule has 0 saturated heterocycles. The summed E-state index contributed by atoms with van der Waals surface area (Å²) in [4.78, 5) is 0. The Hall–Kier alpha value is -0.720. The average molecular weight is 166 g/mol. The summed E-state index contributed by atoms with van der Waals surface area (Å²) in [6.45, 7) is 10.3. The van der Waals surface area contributed by atoms with E-state index < -0.39 is 0 Å². The van der Waals surface area contributed by atoms with E-state index in [-0.39, 0.29) is 6.10 Å². The highest BCUT2D eigenvalue weighted by atomic mass is 16.5. The minimum Gasteiger partial charge on any atom is -0.494 e. The van der Waals surface area contributed by atoms with Crippen molar-refractivity contribution in [3.63, 3.8) is 0 Å². The second-order valence-electron chi connectivity index (χ2n) is 3.74. The lowest BCUT2D eigenvalue weighted by Gasteiger charge is -2.32. The van der Waals surface area contributed by atoms with Crippen LogP contribution in [0.3, 0.4) is 0 Å². The summed E-state index contributed by atoms with van der Waals surface area (Å²) in [5.74, 6) is 1.33. The lowest BCUT2D eigenvalue weighted by atomic mass is 9.80. The fraction of sp³-hybridized carbons (Fsp3) is 0.636. The van der Waals surface area contributed by atoms with E-state index in [0.717, 1.165) is 5.92 Å². The van der Waals surface area contributed by atoms with Crippen LogP contribution in [0.1, 0.15) is 27.2 Å². The quantitative estimate of drug-likeness (QED) is 0.452. The van der Waals surface area contributed by atoms with Gasteiger partial charge in [-0.1, -0.05) is 26.5 Å². The number of ether oxygens (including phenoxy) is 1. The second kappa shape index (κ2) is 3.79. The molecule has 0 radical (unpaired) electrons. The highest BCUT2D eigenvalue weighted by molar-refractivity contribution is 5.12. The van der Waals surface area contributed by atoms with Gasteiger partial charge in [-0.2, -0.15) is 0 Å². The number of hydrogen-bond acceptors (Lipinski definition) is 1. The normalized spacial score (nSPS) is 35.6. The van der Waals surface area contributed by atoms with E-state index in [4.69, 9.17) is 4.74 Å². The van der Waals surface area contributed by atoms with E-state index in [1.54, 1.807) is 6.26 Å². The van der Waals surface area contributed by atoms with Crippen LogP contribution >= 0.6 is 0 Å². The van der Waals surface area contributed by atoms with E-state index in [2.05, 4.69) is 33.4 Å². The van der Waals surface area contributed by atoms with Crippen molar-refractivity contribution in [1.82, 2.24) is 0 Å². The Morgan fingerprint density at radius 3 is 2.83 bits per heavy atom. The van der Waals surface area contributed by atoms with Gasteiger partial charge in [0.05, 0.1) is 6.26 Å². The molecule has 0 N–H and O–H groups in total. The Morgan fingerprint density at radius 1 is 1.58 bits per heavy atom. The van der Waals surface area contributed by atoms with Crippen molar-refractivity contribution in [2.24, 2.45) is 11.8 Å². The van der Waals surface area contributed by atoms with Gasteiger partial charge in [-0.15, -0.1) is 0 Å². The molecule has 0 spiro atoms. The summed E-state index contributed by atoms with van der Waals surface area (Å²) in [6, 6.07) is 0. The fourth-order valence-corrected chi connectivity index (χ4v) is 1.75. The molecule has 12 heavy (non-hydrogen) atoms. The van der Waals surface area contributed by atoms with Crippen LogP contribution in [0.25, 0.3) is 0 Å². The molecule has 0 aromatic heterocycles. The maximum Gasteiger partial charge on any atom is 0.121 e.